The second kappa shape index (κ2) is 3.65. The van der Waals surface area contributed by atoms with Crippen molar-refractivity contribution < 1.29 is 4.74 Å². The summed E-state index contributed by atoms with van der Waals surface area (Å²) in [5, 5.41) is 0. The maximum atomic E-state index is 5.93. The molecule has 2 aliphatic rings. The van der Waals surface area contributed by atoms with Crippen LogP contribution in [0.25, 0.3) is 0 Å². The van der Waals surface area contributed by atoms with Gasteiger partial charge in [-0.2, -0.15) is 0 Å². The van der Waals surface area contributed by atoms with Gasteiger partial charge in [0, 0.05) is 18.3 Å². The van der Waals surface area contributed by atoms with Crippen LogP contribution in [0.2, 0.25) is 0 Å². The number of anilines is 1. The Balaban J connectivity index is 2.07. The molecule has 0 unspecified atom stereocenters. The van der Waals surface area contributed by atoms with Gasteiger partial charge in [0.15, 0.2) is 11.6 Å². The van der Waals surface area contributed by atoms with Crippen molar-refractivity contribution in [2.24, 2.45) is 0 Å². The fourth-order valence-corrected chi connectivity index (χ4v) is 2.73. The van der Waals surface area contributed by atoms with Crippen LogP contribution in [-0.2, 0) is 0 Å². The first-order valence-corrected chi connectivity index (χ1v) is 6.15. The molecule has 0 saturated carbocycles. The Morgan fingerprint density at radius 2 is 2.38 bits per heavy atom. The Bertz CT molecular complexity index is 403. The summed E-state index contributed by atoms with van der Waals surface area (Å²) in [6.45, 7) is 6.37. The van der Waals surface area contributed by atoms with Crippen LogP contribution in [0.4, 0.5) is 5.82 Å². The molecule has 0 amide bonds. The van der Waals surface area contributed by atoms with Crippen LogP contribution in [0, 0.1) is 0 Å². The average Bonchev–Trinajstić information content (AvgIpc) is 2.76. The van der Waals surface area contributed by atoms with Gasteiger partial charge in [0.05, 0.1) is 6.04 Å². The van der Waals surface area contributed by atoms with Gasteiger partial charge in [-0.1, -0.05) is 13.8 Å². The van der Waals surface area contributed by atoms with Gasteiger partial charge in [0.1, 0.15) is 6.61 Å². The van der Waals surface area contributed by atoms with Crippen LogP contribution >= 0.6 is 0 Å². The van der Waals surface area contributed by atoms with Crippen LogP contribution in [-0.4, -0.2) is 24.2 Å². The molecule has 86 valence electrons. The molecule has 2 aliphatic heterocycles. The molecule has 1 saturated heterocycles. The first-order valence-electron chi connectivity index (χ1n) is 6.15. The maximum absolute atomic E-state index is 5.93. The molecule has 3 nitrogen and oxygen atoms in total. The van der Waals surface area contributed by atoms with Crippen molar-refractivity contribution in [2.45, 2.75) is 38.6 Å². The molecule has 3 heterocycles. The average molecular weight is 218 g/mol. The predicted octanol–water partition coefficient (Wildman–Crippen LogP) is 2.57. The molecule has 0 spiro atoms. The molecule has 3 heteroatoms. The minimum Gasteiger partial charge on any atom is -0.487 e. The summed E-state index contributed by atoms with van der Waals surface area (Å²) in [5.41, 5.74) is 1.29. The third-order valence-corrected chi connectivity index (χ3v) is 3.61. The molecule has 1 aromatic heterocycles. The monoisotopic (exact) mass is 218 g/mol. The van der Waals surface area contributed by atoms with Crippen LogP contribution < -0.4 is 9.64 Å². The van der Waals surface area contributed by atoms with E-state index in [1.807, 2.05) is 6.20 Å². The molecule has 1 fully saturated rings. The lowest BCUT2D eigenvalue weighted by atomic mass is 10.0. The van der Waals surface area contributed by atoms with Gasteiger partial charge in [-0.05, 0) is 24.8 Å². The van der Waals surface area contributed by atoms with Crippen LogP contribution in [0.15, 0.2) is 12.3 Å². The molecule has 0 aliphatic carbocycles. The highest BCUT2D eigenvalue weighted by Gasteiger charge is 2.33. The molecule has 0 N–H and O–H groups in total. The zero-order valence-electron chi connectivity index (χ0n) is 9.94. The number of hydrogen-bond acceptors (Lipinski definition) is 3. The smallest absolute Gasteiger partial charge is 0.172 e. The summed E-state index contributed by atoms with van der Waals surface area (Å²) in [5.74, 6) is 2.59. The second-order valence-corrected chi connectivity index (χ2v) is 5.01. The molecular formula is C13H18N2O. The quantitative estimate of drug-likeness (QED) is 0.724. The van der Waals surface area contributed by atoms with Crippen molar-refractivity contribution in [2.75, 3.05) is 18.1 Å². The van der Waals surface area contributed by atoms with E-state index in [1.54, 1.807) is 0 Å². The van der Waals surface area contributed by atoms with Crippen molar-refractivity contribution in [1.29, 1.82) is 0 Å². The van der Waals surface area contributed by atoms with Gasteiger partial charge in [0.25, 0.3) is 0 Å². The summed E-state index contributed by atoms with van der Waals surface area (Å²) in [6.07, 6.45) is 4.42. The molecule has 0 radical (unpaired) electrons. The molecule has 0 bridgehead atoms. The lowest BCUT2D eigenvalue weighted by molar-refractivity contribution is 0.266. The molecule has 3 rings (SSSR count). The highest BCUT2D eigenvalue weighted by molar-refractivity contribution is 5.60. The number of nitrogens with zero attached hydrogens (tertiary/aromatic N) is 2. The normalized spacial score (nSPS) is 22.9. The topological polar surface area (TPSA) is 25.4 Å². The zero-order chi connectivity index (χ0) is 11.1. The summed E-state index contributed by atoms with van der Waals surface area (Å²) in [7, 11) is 0. The van der Waals surface area contributed by atoms with Gasteiger partial charge < -0.3 is 9.64 Å². The SMILES string of the molecule is CC(C)c1ccnc2c1OC[C@H]1CCCN21. The van der Waals surface area contributed by atoms with E-state index >= 15 is 0 Å². The number of pyridine rings is 1. The van der Waals surface area contributed by atoms with E-state index in [4.69, 9.17) is 4.74 Å². The van der Waals surface area contributed by atoms with E-state index in [2.05, 4.69) is 29.8 Å². The van der Waals surface area contributed by atoms with Gasteiger partial charge in [-0.15, -0.1) is 0 Å². The number of hydrogen-bond donors (Lipinski definition) is 0. The zero-order valence-corrected chi connectivity index (χ0v) is 9.94. The van der Waals surface area contributed by atoms with Crippen molar-refractivity contribution in [3.05, 3.63) is 17.8 Å². The van der Waals surface area contributed by atoms with E-state index in [-0.39, 0.29) is 0 Å². The molecule has 16 heavy (non-hydrogen) atoms. The third-order valence-electron chi connectivity index (χ3n) is 3.61. The minimum absolute atomic E-state index is 0.496. The van der Waals surface area contributed by atoms with Crippen molar-refractivity contribution in [1.82, 2.24) is 4.98 Å². The third kappa shape index (κ3) is 1.38. The van der Waals surface area contributed by atoms with Gasteiger partial charge >= 0.3 is 0 Å². The Morgan fingerprint density at radius 3 is 3.19 bits per heavy atom. The van der Waals surface area contributed by atoms with E-state index in [9.17, 15) is 0 Å². The largest absolute Gasteiger partial charge is 0.487 e. The highest BCUT2D eigenvalue weighted by Crippen LogP contribution is 2.40. The van der Waals surface area contributed by atoms with E-state index < -0.39 is 0 Å². The van der Waals surface area contributed by atoms with Gasteiger partial charge in [0.2, 0.25) is 0 Å². The Hall–Kier alpha value is -1.25. The van der Waals surface area contributed by atoms with Crippen molar-refractivity contribution in [3.63, 3.8) is 0 Å². The van der Waals surface area contributed by atoms with Gasteiger partial charge in [-0.25, -0.2) is 4.98 Å². The number of rotatable bonds is 1. The summed E-state index contributed by atoms with van der Waals surface area (Å²) >= 11 is 0. The van der Waals surface area contributed by atoms with Crippen molar-refractivity contribution in [3.8, 4) is 5.75 Å². The summed E-state index contributed by atoms with van der Waals surface area (Å²) in [4.78, 5) is 6.93. The first-order chi connectivity index (χ1) is 7.77. The fourth-order valence-electron chi connectivity index (χ4n) is 2.73. The lowest BCUT2D eigenvalue weighted by Gasteiger charge is -2.33. The van der Waals surface area contributed by atoms with E-state index in [0.717, 1.165) is 24.7 Å². The first kappa shape index (κ1) is 9.94. The molecular weight excluding hydrogens is 200 g/mol. The second-order valence-electron chi connectivity index (χ2n) is 5.01. The Kier molecular flexibility index (Phi) is 2.27. The summed E-state index contributed by atoms with van der Waals surface area (Å²) in [6, 6.07) is 2.64. The van der Waals surface area contributed by atoms with Crippen molar-refractivity contribution >= 4 is 5.82 Å². The van der Waals surface area contributed by atoms with Crippen LogP contribution in [0.1, 0.15) is 38.2 Å². The van der Waals surface area contributed by atoms with Crippen LogP contribution in [0.5, 0.6) is 5.75 Å². The molecule has 1 aromatic rings. The number of ether oxygens (including phenoxy) is 1. The van der Waals surface area contributed by atoms with E-state index in [1.165, 1.54) is 18.4 Å². The summed E-state index contributed by atoms with van der Waals surface area (Å²) < 4.78 is 5.93. The van der Waals surface area contributed by atoms with E-state index in [0.29, 0.717) is 12.0 Å². The highest BCUT2D eigenvalue weighted by atomic mass is 16.5. The number of aromatic nitrogens is 1. The molecule has 0 aromatic carbocycles. The Morgan fingerprint density at radius 1 is 1.50 bits per heavy atom. The standard InChI is InChI=1S/C13H18N2O/c1-9(2)11-5-6-14-13-12(11)16-8-10-4-3-7-15(10)13/h5-6,9-10H,3-4,7-8H2,1-2H3/t10-/m1/s1. The fraction of sp³-hybridized carbons (Fsp3) is 0.615. The number of fused-ring (bicyclic) bond motifs is 3. The predicted molar refractivity (Wildman–Crippen MR) is 64.2 cm³/mol. The van der Waals surface area contributed by atoms with Gasteiger partial charge in [-0.3, -0.25) is 0 Å². The van der Waals surface area contributed by atoms with Crippen LogP contribution in [0.3, 0.4) is 0 Å². The minimum atomic E-state index is 0.496. The Labute approximate surface area is 96.4 Å². The molecule has 1 atom stereocenters. The maximum Gasteiger partial charge on any atom is 0.172 e. The lowest BCUT2D eigenvalue weighted by Crippen LogP contribution is -2.39.